The normalized spacial score (nSPS) is 9.85. The highest BCUT2D eigenvalue weighted by molar-refractivity contribution is 5.88. The van der Waals surface area contributed by atoms with E-state index in [9.17, 15) is 9.59 Å². The van der Waals surface area contributed by atoms with Gasteiger partial charge in [-0.15, -0.1) is 0 Å². The Morgan fingerprint density at radius 2 is 2.08 bits per heavy atom. The second kappa shape index (κ2) is 3.13. The van der Waals surface area contributed by atoms with Crippen molar-refractivity contribution >= 4 is 18.0 Å². The Balaban J connectivity index is 3.04. The molecule has 1 heterocycles. The number of hydrogen-bond acceptors (Lipinski definition) is 5. The van der Waals surface area contributed by atoms with Crippen LogP contribution in [-0.4, -0.2) is 27.1 Å². The lowest BCUT2D eigenvalue weighted by atomic mass is 10.3. The number of hydrogen-bond donors (Lipinski definition) is 3. The molecule has 1 rings (SSSR count). The lowest BCUT2D eigenvalue weighted by Crippen LogP contribution is -2.06. The van der Waals surface area contributed by atoms with Gasteiger partial charge in [-0.05, 0) is 0 Å². The van der Waals surface area contributed by atoms with Crippen LogP contribution in [0.5, 0.6) is 0 Å². The van der Waals surface area contributed by atoms with Crippen molar-refractivity contribution in [2.45, 2.75) is 6.42 Å². The van der Waals surface area contributed by atoms with E-state index < -0.39 is 24.1 Å². The number of aromatic nitrogens is 1. The largest absolute Gasteiger partial charge is 0.481 e. The first-order valence-corrected chi connectivity index (χ1v) is 3.21. The molecule has 0 radical (unpaired) electrons. The zero-order chi connectivity index (χ0) is 10.0. The van der Waals surface area contributed by atoms with Gasteiger partial charge >= 0.3 is 11.9 Å². The fourth-order valence-corrected chi connectivity index (χ4v) is 0.794. The first-order chi connectivity index (χ1) is 6.00. The molecule has 7 heteroatoms. The molecule has 0 aliphatic rings. The van der Waals surface area contributed by atoms with Crippen molar-refractivity contribution in [2.24, 2.45) is 0 Å². The molecule has 70 valence electrons. The van der Waals surface area contributed by atoms with E-state index in [0.29, 0.717) is 0 Å². The molecule has 0 saturated heterocycles. The van der Waals surface area contributed by atoms with Gasteiger partial charge in [-0.25, -0.2) is 4.79 Å². The molecule has 7 nitrogen and oxygen atoms in total. The predicted molar refractivity (Wildman–Crippen MR) is 39.2 cm³/mol. The molecule has 0 atom stereocenters. The van der Waals surface area contributed by atoms with Crippen molar-refractivity contribution < 1.29 is 24.2 Å². The summed E-state index contributed by atoms with van der Waals surface area (Å²) < 4.78 is 4.59. The van der Waals surface area contributed by atoms with Crippen LogP contribution in [0.4, 0.5) is 6.01 Å². The molecular formula is C6H6N2O5. The molecule has 0 spiro atoms. The molecule has 0 unspecified atom stereocenters. The third-order valence-electron chi connectivity index (χ3n) is 1.23. The van der Waals surface area contributed by atoms with Crippen LogP contribution < -0.4 is 5.73 Å². The number of carbonyl (C=O) groups is 2. The van der Waals surface area contributed by atoms with Gasteiger partial charge in [-0.2, -0.15) is 4.98 Å². The highest BCUT2D eigenvalue weighted by atomic mass is 16.4. The molecule has 4 N–H and O–H groups in total. The number of carboxylic acid groups (broad SMARTS) is 2. The third-order valence-corrected chi connectivity index (χ3v) is 1.23. The van der Waals surface area contributed by atoms with Crippen molar-refractivity contribution in [3.05, 3.63) is 11.5 Å². The van der Waals surface area contributed by atoms with Crippen LogP contribution >= 0.6 is 0 Å². The van der Waals surface area contributed by atoms with Gasteiger partial charge in [-0.3, -0.25) is 4.79 Å². The zero-order valence-corrected chi connectivity index (χ0v) is 6.35. The maximum atomic E-state index is 10.4. The molecular weight excluding hydrogens is 180 g/mol. The van der Waals surface area contributed by atoms with Gasteiger partial charge in [-0.1, -0.05) is 0 Å². The summed E-state index contributed by atoms with van der Waals surface area (Å²) in [6, 6.07) is -0.353. The monoisotopic (exact) mass is 186 g/mol. The molecule has 1 aromatic heterocycles. The second-order valence-corrected chi connectivity index (χ2v) is 2.20. The highest BCUT2D eigenvalue weighted by Gasteiger charge is 2.19. The predicted octanol–water partition coefficient (Wildman–Crippen LogP) is -0.418. The van der Waals surface area contributed by atoms with E-state index in [1.165, 1.54) is 0 Å². The number of nitrogens with zero attached hydrogens (tertiary/aromatic N) is 1. The van der Waals surface area contributed by atoms with Crippen molar-refractivity contribution in [2.75, 3.05) is 5.73 Å². The zero-order valence-electron chi connectivity index (χ0n) is 6.35. The van der Waals surface area contributed by atoms with Crippen LogP contribution in [0.3, 0.4) is 0 Å². The maximum Gasteiger partial charge on any atom is 0.358 e. The number of oxazole rings is 1. The number of aliphatic carboxylic acids is 1. The standard InChI is InChI=1S/C6H6N2O5/c7-6-8-4(5(11)12)2(13-6)1-3(9)10/h1H2,(H2,7,8)(H,9,10)(H,11,12). The molecule has 0 aliphatic heterocycles. The molecule has 0 bridgehead atoms. The summed E-state index contributed by atoms with van der Waals surface area (Å²) in [6.45, 7) is 0. The summed E-state index contributed by atoms with van der Waals surface area (Å²) in [6.07, 6.45) is -0.550. The Morgan fingerprint density at radius 3 is 2.54 bits per heavy atom. The number of nitrogen functional groups attached to an aromatic ring is 1. The minimum Gasteiger partial charge on any atom is -0.481 e. The van der Waals surface area contributed by atoms with Crippen molar-refractivity contribution in [3.63, 3.8) is 0 Å². The first kappa shape index (κ1) is 9.04. The number of anilines is 1. The summed E-state index contributed by atoms with van der Waals surface area (Å²) >= 11 is 0. The Labute approximate surface area is 71.8 Å². The Kier molecular flexibility index (Phi) is 2.18. The molecule has 0 fully saturated rings. The van der Waals surface area contributed by atoms with Crippen LogP contribution in [0.1, 0.15) is 16.2 Å². The van der Waals surface area contributed by atoms with Crippen LogP contribution in [-0.2, 0) is 11.2 Å². The topological polar surface area (TPSA) is 127 Å². The summed E-state index contributed by atoms with van der Waals surface area (Å²) in [5.41, 5.74) is 4.60. The lowest BCUT2D eigenvalue weighted by Gasteiger charge is -1.90. The summed E-state index contributed by atoms with van der Waals surface area (Å²) in [5, 5.41) is 16.9. The van der Waals surface area contributed by atoms with Gasteiger partial charge in [0, 0.05) is 0 Å². The minimum atomic E-state index is -1.36. The quantitative estimate of drug-likeness (QED) is 0.585. The van der Waals surface area contributed by atoms with Crippen molar-refractivity contribution in [3.8, 4) is 0 Å². The molecule has 0 aromatic carbocycles. The smallest absolute Gasteiger partial charge is 0.358 e. The average Bonchev–Trinajstić information content (AvgIpc) is 2.29. The van der Waals surface area contributed by atoms with Crippen LogP contribution in [0.2, 0.25) is 0 Å². The molecule has 13 heavy (non-hydrogen) atoms. The Bertz CT molecular complexity index is 356. The summed E-state index contributed by atoms with van der Waals surface area (Å²) in [4.78, 5) is 24.0. The highest BCUT2D eigenvalue weighted by Crippen LogP contribution is 2.13. The van der Waals surface area contributed by atoms with Crippen LogP contribution in [0, 0.1) is 0 Å². The van der Waals surface area contributed by atoms with E-state index in [1.54, 1.807) is 0 Å². The summed E-state index contributed by atoms with van der Waals surface area (Å²) in [5.74, 6) is -2.83. The molecule has 0 amide bonds. The minimum absolute atomic E-state index is 0.252. The molecule has 0 saturated carbocycles. The number of aromatic carboxylic acids is 1. The van der Waals surface area contributed by atoms with Crippen molar-refractivity contribution in [1.82, 2.24) is 4.98 Å². The number of nitrogens with two attached hydrogens (primary N) is 1. The van der Waals surface area contributed by atoms with Gasteiger partial charge in [0.15, 0.2) is 11.5 Å². The van der Waals surface area contributed by atoms with E-state index in [0.717, 1.165) is 0 Å². The first-order valence-electron chi connectivity index (χ1n) is 3.21. The Morgan fingerprint density at radius 1 is 1.46 bits per heavy atom. The van der Waals surface area contributed by atoms with E-state index in [4.69, 9.17) is 15.9 Å². The molecule has 0 aliphatic carbocycles. The number of rotatable bonds is 3. The van der Waals surface area contributed by atoms with Crippen molar-refractivity contribution in [1.29, 1.82) is 0 Å². The fourth-order valence-electron chi connectivity index (χ4n) is 0.794. The van der Waals surface area contributed by atoms with Crippen LogP contribution in [0.15, 0.2) is 4.42 Å². The SMILES string of the molecule is Nc1nc(C(=O)O)c(CC(=O)O)o1. The third kappa shape index (κ3) is 1.95. The van der Waals surface area contributed by atoms with Gasteiger partial charge < -0.3 is 20.4 Å². The van der Waals surface area contributed by atoms with Gasteiger partial charge in [0.2, 0.25) is 0 Å². The average molecular weight is 186 g/mol. The van der Waals surface area contributed by atoms with E-state index >= 15 is 0 Å². The lowest BCUT2D eigenvalue weighted by molar-refractivity contribution is -0.136. The van der Waals surface area contributed by atoms with E-state index in [1.807, 2.05) is 0 Å². The molecule has 1 aromatic rings. The maximum absolute atomic E-state index is 10.4. The van der Waals surface area contributed by atoms with Gasteiger partial charge in [0.05, 0.1) is 0 Å². The summed E-state index contributed by atoms with van der Waals surface area (Å²) in [7, 11) is 0. The fraction of sp³-hybridized carbons (Fsp3) is 0.167. The van der Waals surface area contributed by atoms with Crippen LogP contribution in [0.25, 0.3) is 0 Å². The van der Waals surface area contributed by atoms with Gasteiger partial charge in [0.1, 0.15) is 6.42 Å². The Hall–Kier alpha value is -2.05. The second-order valence-electron chi connectivity index (χ2n) is 2.20. The van der Waals surface area contributed by atoms with E-state index in [-0.39, 0.29) is 11.8 Å². The van der Waals surface area contributed by atoms with Gasteiger partial charge in [0.25, 0.3) is 6.01 Å². The number of carboxylic acids is 2. The van der Waals surface area contributed by atoms with E-state index in [2.05, 4.69) is 9.40 Å².